The predicted octanol–water partition coefficient (Wildman–Crippen LogP) is 2.60. The fourth-order valence-electron chi connectivity index (χ4n) is 1.69. The average molecular weight is 317 g/mol. The third-order valence-electron chi connectivity index (χ3n) is 2.63. The number of carboxylic acids is 1. The van der Waals surface area contributed by atoms with Gasteiger partial charge in [-0.05, 0) is 0 Å². The summed E-state index contributed by atoms with van der Waals surface area (Å²) in [6.07, 6.45) is 0. The zero-order valence-corrected chi connectivity index (χ0v) is 12.1. The standard InChI is InChI=1S/C9H10NO2S.C5H5.Fe/c11-9(12)7-5-13-8(10-7)6-3-1-2-4-6;1-2-4-5-3-1;/h1-4,7-8,10H,5H2,(H,11,12);1-5H;/q-5;-1;. The van der Waals surface area contributed by atoms with Gasteiger partial charge in [0.15, 0.2) is 0 Å². The monoisotopic (exact) mass is 317 g/mol. The Kier molecular flexibility index (Phi) is 6.95. The summed E-state index contributed by atoms with van der Waals surface area (Å²) in [5.74, 6) is -0.118. The first-order valence-corrected chi connectivity index (χ1v) is 6.81. The second-order valence-corrected chi connectivity index (χ2v) is 5.09. The molecule has 108 valence electrons. The average Bonchev–Trinajstić information content (AvgIpc) is 3.14. The maximum absolute atomic E-state index is 10.6. The van der Waals surface area contributed by atoms with E-state index in [0.29, 0.717) is 5.75 Å². The van der Waals surface area contributed by atoms with Crippen LogP contribution < -0.4 is 5.32 Å². The maximum atomic E-state index is 10.6. The molecular formula is C14H15FeNO2S-6. The topological polar surface area (TPSA) is 49.3 Å². The molecule has 3 rings (SSSR count). The fourth-order valence-corrected chi connectivity index (χ4v) is 2.92. The van der Waals surface area contributed by atoms with E-state index in [1.165, 1.54) is 0 Å². The van der Waals surface area contributed by atoms with Crippen LogP contribution in [0.15, 0.2) is 54.6 Å². The van der Waals surface area contributed by atoms with E-state index < -0.39 is 12.0 Å². The molecule has 2 N–H and O–H groups in total. The van der Waals surface area contributed by atoms with E-state index in [1.807, 2.05) is 54.6 Å². The zero-order valence-electron chi connectivity index (χ0n) is 10.2. The van der Waals surface area contributed by atoms with Crippen LogP contribution in [0.3, 0.4) is 0 Å². The predicted molar refractivity (Wildman–Crippen MR) is 73.8 cm³/mol. The third kappa shape index (κ3) is 4.88. The van der Waals surface area contributed by atoms with Crippen molar-refractivity contribution in [2.24, 2.45) is 0 Å². The first-order valence-electron chi connectivity index (χ1n) is 5.76. The summed E-state index contributed by atoms with van der Waals surface area (Å²) in [5.41, 5.74) is 1.16. The summed E-state index contributed by atoms with van der Waals surface area (Å²) >= 11 is 1.64. The number of thioether (sulfide) groups is 1. The molecule has 0 aromatic heterocycles. The summed E-state index contributed by atoms with van der Waals surface area (Å²) in [5, 5.41) is 12.0. The number of aliphatic carboxylic acids is 1. The summed E-state index contributed by atoms with van der Waals surface area (Å²) in [6.45, 7) is 0. The van der Waals surface area contributed by atoms with Gasteiger partial charge < -0.3 is 40.3 Å². The molecular weight excluding hydrogens is 302 g/mol. The molecule has 0 bridgehead atoms. The molecule has 1 aliphatic heterocycles. The van der Waals surface area contributed by atoms with Crippen LogP contribution in [0.1, 0.15) is 10.9 Å². The van der Waals surface area contributed by atoms with Crippen LogP contribution in [0.4, 0.5) is 0 Å². The molecule has 2 atom stereocenters. The molecule has 0 amide bonds. The molecule has 1 aliphatic rings. The van der Waals surface area contributed by atoms with E-state index in [4.69, 9.17) is 5.11 Å². The van der Waals surface area contributed by atoms with Gasteiger partial charge in [-0.25, -0.2) is 12.1 Å². The Labute approximate surface area is 127 Å². The normalized spacial score (nSPS) is 21.1. The van der Waals surface area contributed by atoms with Gasteiger partial charge >= 0.3 is 5.97 Å². The van der Waals surface area contributed by atoms with Crippen molar-refractivity contribution in [2.45, 2.75) is 11.4 Å². The number of carbonyl (C=O) groups is 1. The van der Waals surface area contributed by atoms with Gasteiger partial charge in [0, 0.05) is 22.8 Å². The first-order chi connectivity index (χ1) is 8.77. The number of hydrogen-bond donors (Lipinski definition) is 2. The van der Waals surface area contributed by atoms with Crippen molar-refractivity contribution < 1.29 is 27.0 Å². The molecule has 2 aromatic rings. The van der Waals surface area contributed by atoms with Crippen LogP contribution in [0, 0.1) is 0 Å². The molecule has 1 saturated heterocycles. The maximum Gasteiger partial charge on any atom is 0.321 e. The zero-order chi connectivity index (χ0) is 12.8. The minimum absolute atomic E-state index is 0. The molecule has 19 heavy (non-hydrogen) atoms. The summed E-state index contributed by atoms with van der Waals surface area (Å²) in [4.78, 5) is 10.6. The molecule has 5 heteroatoms. The van der Waals surface area contributed by atoms with Crippen LogP contribution in [-0.2, 0) is 21.9 Å². The van der Waals surface area contributed by atoms with Gasteiger partial charge in [0.25, 0.3) is 0 Å². The molecule has 2 aromatic carbocycles. The molecule has 2 unspecified atom stereocenters. The van der Waals surface area contributed by atoms with E-state index in [-0.39, 0.29) is 22.4 Å². The quantitative estimate of drug-likeness (QED) is 0.660. The molecule has 3 nitrogen and oxygen atoms in total. The van der Waals surface area contributed by atoms with Crippen LogP contribution in [0.25, 0.3) is 0 Å². The fraction of sp³-hybridized carbons (Fsp3) is 0.214. The van der Waals surface area contributed by atoms with Crippen molar-refractivity contribution in [3.05, 3.63) is 60.2 Å². The van der Waals surface area contributed by atoms with Crippen LogP contribution in [0.5, 0.6) is 0 Å². The number of rotatable bonds is 2. The molecule has 0 aliphatic carbocycles. The molecule has 0 saturated carbocycles. The smallest absolute Gasteiger partial charge is 0.321 e. The van der Waals surface area contributed by atoms with Crippen molar-refractivity contribution in [3.8, 4) is 0 Å². The number of hydrogen-bond acceptors (Lipinski definition) is 3. The van der Waals surface area contributed by atoms with Crippen LogP contribution in [0.2, 0.25) is 0 Å². The van der Waals surface area contributed by atoms with Crippen molar-refractivity contribution in [3.63, 3.8) is 0 Å². The van der Waals surface area contributed by atoms with E-state index >= 15 is 0 Å². The van der Waals surface area contributed by atoms with Gasteiger partial charge in [-0.2, -0.15) is 30.0 Å². The van der Waals surface area contributed by atoms with E-state index in [0.717, 1.165) is 5.56 Å². The SMILES string of the molecule is O=C(O)C1CSC([c-]2[cH-][cH-][cH-][cH-]2)N1.[Fe].c1cc[cH-]c1. The van der Waals surface area contributed by atoms with E-state index in [9.17, 15) is 4.79 Å². The third-order valence-corrected chi connectivity index (χ3v) is 3.89. The largest absolute Gasteiger partial charge is 0.747 e. The van der Waals surface area contributed by atoms with E-state index in [1.54, 1.807) is 11.8 Å². The van der Waals surface area contributed by atoms with Crippen LogP contribution >= 0.6 is 11.8 Å². The van der Waals surface area contributed by atoms with Crippen LogP contribution in [-0.4, -0.2) is 22.9 Å². The van der Waals surface area contributed by atoms with Gasteiger partial charge in [0.1, 0.15) is 6.04 Å². The number of nitrogens with one attached hydrogen (secondary N) is 1. The Morgan fingerprint density at radius 3 is 2.37 bits per heavy atom. The summed E-state index contributed by atoms with van der Waals surface area (Å²) in [7, 11) is 0. The van der Waals surface area contributed by atoms with Gasteiger partial charge in [0.2, 0.25) is 0 Å². The van der Waals surface area contributed by atoms with Crippen molar-refractivity contribution in [2.75, 3.05) is 5.75 Å². The Morgan fingerprint density at radius 1 is 1.32 bits per heavy atom. The summed E-state index contributed by atoms with van der Waals surface area (Å²) < 4.78 is 0. The Hall–Kier alpha value is -1.00. The minimum atomic E-state index is -0.762. The Morgan fingerprint density at radius 2 is 1.95 bits per heavy atom. The number of carboxylic acid groups (broad SMARTS) is 1. The molecule has 0 spiro atoms. The Bertz CT molecular complexity index is 439. The first kappa shape index (κ1) is 16.1. The minimum Gasteiger partial charge on any atom is -0.747 e. The molecule has 1 fully saturated rings. The van der Waals surface area contributed by atoms with Crippen molar-refractivity contribution in [1.29, 1.82) is 0 Å². The summed E-state index contributed by atoms with van der Waals surface area (Å²) in [6, 6.07) is 17.5. The van der Waals surface area contributed by atoms with Gasteiger partial charge in [-0.1, -0.05) is 0 Å². The van der Waals surface area contributed by atoms with Gasteiger partial charge in [-0.3, -0.25) is 4.79 Å². The molecule has 1 heterocycles. The van der Waals surface area contributed by atoms with Gasteiger partial charge in [-0.15, -0.1) is 5.37 Å². The second kappa shape index (κ2) is 8.23. The Balaban J connectivity index is 0.000000256. The van der Waals surface area contributed by atoms with Gasteiger partial charge in [0.05, 0.1) is 0 Å². The second-order valence-electron chi connectivity index (χ2n) is 3.95. The van der Waals surface area contributed by atoms with E-state index in [2.05, 4.69) is 5.32 Å². The molecule has 0 radical (unpaired) electrons. The van der Waals surface area contributed by atoms with Crippen molar-refractivity contribution in [1.82, 2.24) is 5.32 Å². The van der Waals surface area contributed by atoms with Crippen molar-refractivity contribution >= 4 is 17.7 Å².